The van der Waals surface area contributed by atoms with Crippen LogP contribution in [0, 0.1) is 0 Å². The lowest BCUT2D eigenvalue weighted by molar-refractivity contribution is -0.0722. The molecule has 0 amide bonds. The fourth-order valence-corrected chi connectivity index (χ4v) is 6.36. The van der Waals surface area contributed by atoms with E-state index in [2.05, 4.69) is 46.1 Å². The van der Waals surface area contributed by atoms with E-state index in [1.54, 1.807) is 12.3 Å². The Kier molecular flexibility index (Phi) is 6.50. The lowest BCUT2D eigenvalue weighted by Gasteiger charge is -2.33. The van der Waals surface area contributed by atoms with Crippen molar-refractivity contribution in [2.24, 2.45) is 0 Å². The number of fused-ring (bicyclic) bond motifs is 2. The Labute approximate surface area is 252 Å². The average Bonchev–Trinajstić information content (AvgIpc) is 3.73. The molecule has 8 rings (SSSR count). The van der Waals surface area contributed by atoms with E-state index in [4.69, 9.17) is 30.8 Å². The number of likely N-dealkylation sites (tertiary alicyclic amines) is 1. The molecule has 220 valence electrons. The summed E-state index contributed by atoms with van der Waals surface area (Å²) in [6.45, 7) is 6.12. The predicted octanol–water partition coefficient (Wildman–Crippen LogP) is 4.47. The Hall–Kier alpha value is -4.13. The first-order chi connectivity index (χ1) is 21.0. The normalized spacial score (nSPS) is 22.2. The second kappa shape index (κ2) is 10.5. The monoisotopic (exact) mass is 599 g/mol. The third-order valence-electron chi connectivity index (χ3n) is 8.68. The molecule has 4 aromatic heterocycles. The van der Waals surface area contributed by atoms with Crippen LogP contribution in [0.15, 0.2) is 48.8 Å². The van der Waals surface area contributed by atoms with Gasteiger partial charge in [0, 0.05) is 25.3 Å². The number of ether oxygens (including phenoxy) is 3. The highest BCUT2D eigenvalue weighted by Gasteiger charge is 2.42. The molecule has 1 aromatic carbocycles. The Morgan fingerprint density at radius 2 is 1.95 bits per heavy atom. The molecule has 0 radical (unpaired) electrons. The van der Waals surface area contributed by atoms with Crippen LogP contribution < -0.4 is 9.47 Å². The number of halogens is 1. The maximum atomic E-state index is 6.48. The summed E-state index contributed by atoms with van der Waals surface area (Å²) in [4.78, 5) is 16.6. The van der Waals surface area contributed by atoms with E-state index in [9.17, 15) is 0 Å². The molecular formula is C30H30ClN9O3. The largest absolute Gasteiger partial charge is 0.443 e. The van der Waals surface area contributed by atoms with Gasteiger partial charge in [0.1, 0.15) is 17.2 Å². The molecule has 13 heteroatoms. The van der Waals surface area contributed by atoms with Gasteiger partial charge in [0.15, 0.2) is 17.3 Å². The molecule has 5 aromatic rings. The molecule has 0 bridgehead atoms. The zero-order valence-corrected chi connectivity index (χ0v) is 24.4. The first-order valence-electron chi connectivity index (χ1n) is 14.6. The second-order valence-electron chi connectivity index (χ2n) is 11.5. The molecule has 2 fully saturated rings. The average molecular weight is 600 g/mol. The highest BCUT2D eigenvalue weighted by atomic mass is 35.5. The number of para-hydroxylation sites is 1. The molecule has 0 aliphatic carbocycles. The van der Waals surface area contributed by atoms with Crippen molar-refractivity contribution in [3.8, 4) is 23.0 Å². The summed E-state index contributed by atoms with van der Waals surface area (Å²) in [6.07, 6.45) is 6.75. The van der Waals surface area contributed by atoms with Crippen LogP contribution in [0.3, 0.4) is 0 Å². The van der Waals surface area contributed by atoms with Gasteiger partial charge < -0.3 is 18.8 Å². The first-order valence-corrected chi connectivity index (χ1v) is 15.0. The van der Waals surface area contributed by atoms with Crippen molar-refractivity contribution in [3.05, 3.63) is 70.9 Å². The highest BCUT2D eigenvalue weighted by molar-refractivity contribution is 6.30. The van der Waals surface area contributed by atoms with E-state index in [1.165, 1.54) is 5.56 Å². The number of hydrogen-bond donors (Lipinski definition) is 1. The van der Waals surface area contributed by atoms with Gasteiger partial charge in [-0.25, -0.2) is 10.1 Å². The summed E-state index contributed by atoms with van der Waals surface area (Å²) in [5.41, 5.74) is 4.40. The number of hydrogen-bond acceptors (Lipinski definition) is 10. The van der Waals surface area contributed by atoms with Gasteiger partial charge in [0.05, 0.1) is 41.4 Å². The fraction of sp³-hybridized carbons (Fsp3) is 0.400. The minimum atomic E-state index is -0.994. The molecular weight excluding hydrogens is 570 g/mol. The number of rotatable bonds is 7. The van der Waals surface area contributed by atoms with Gasteiger partial charge >= 0.3 is 0 Å². The van der Waals surface area contributed by atoms with E-state index in [1.807, 2.05) is 37.4 Å². The van der Waals surface area contributed by atoms with Crippen molar-refractivity contribution in [2.45, 2.75) is 57.1 Å². The molecule has 0 spiro atoms. The number of H-pyrrole nitrogens is 1. The topological polar surface area (TPSA) is 129 Å². The van der Waals surface area contributed by atoms with E-state index < -0.39 is 5.79 Å². The molecule has 3 aliphatic rings. The van der Waals surface area contributed by atoms with E-state index in [0.29, 0.717) is 28.2 Å². The number of nitrogens with one attached hydrogen (secondary N) is 1. The predicted molar refractivity (Wildman–Crippen MR) is 157 cm³/mol. The maximum Gasteiger partial charge on any atom is 0.292 e. The van der Waals surface area contributed by atoms with Crippen molar-refractivity contribution < 1.29 is 14.2 Å². The van der Waals surface area contributed by atoms with Crippen LogP contribution in [0.5, 0.6) is 11.5 Å². The number of benzene rings is 1. The van der Waals surface area contributed by atoms with Gasteiger partial charge in [-0.05, 0) is 73.0 Å². The molecule has 43 heavy (non-hydrogen) atoms. The molecule has 3 aliphatic heterocycles. The maximum absolute atomic E-state index is 6.48. The van der Waals surface area contributed by atoms with Gasteiger partial charge in [-0.1, -0.05) is 23.7 Å². The van der Waals surface area contributed by atoms with E-state index in [-0.39, 0.29) is 6.10 Å². The molecule has 1 N–H and O–H groups in total. The van der Waals surface area contributed by atoms with E-state index >= 15 is 0 Å². The molecule has 2 saturated heterocycles. The number of piperidine rings is 1. The van der Waals surface area contributed by atoms with Gasteiger partial charge in [0.25, 0.3) is 5.79 Å². The number of tetrazole rings is 1. The third-order valence-corrected chi connectivity index (χ3v) is 8.90. The minimum absolute atomic E-state index is 0.205. The highest BCUT2D eigenvalue weighted by Crippen LogP contribution is 2.49. The minimum Gasteiger partial charge on any atom is -0.443 e. The van der Waals surface area contributed by atoms with Crippen LogP contribution in [0.4, 0.5) is 0 Å². The summed E-state index contributed by atoms with van der Waals surface area (Å²) < 4.78 is 20.8. The van der Waals surface area contributed by atoms with Gasteiger partial charge in [-0.15, -0.1) is 5.10 Å². The standard InChI is InChI=1S/C30H30ClN9O3/c1-30(26-6-5-19(31)14-33-26)42-25-4-2-3-21(28(25)43-30)18-7-10-39(11-8-18)17-27-34-22-13-23(29-35-37-38-36-29)32-15-24(22)40(27)16-20-9-12-41-20/h2-6,13-15,18,20H,7-12,16-17H2,1H3,(H,35,36,37,38)/t20-,30?/m0/s1. The Morgan fingerprint density at radius 1 is 1.07 bits per heavy atom. The number of aromatic amines is 1. The number of imidazole rings is 1. The Balaban J connectivity index is 0.995. The lowest BCUT2D eigenvalue weighted by Crippen LogP contribution is -2.35. The molecule has 2 atom stereocenters. The quantitative estimate of drug-likeness (QED) is 0.286. The molecule has 12 nitrogen and oxygen atoms in total. The summed E-state index contributed by atoms with van der Waals surface area (Å²) in [5, 5.41) is 14.7. The van der Waals surface area contributed by atoms with Crippen LogP contribution >= 0.6 is 11.6 Å². The van der Waals surface area contributed by atoms with Crippen molar-refractivity contribution in [2.75, 3.05) is 19.7 Å². The number of pyridine rings is 2. The summed E-state index contributed by atoms with van der Waals surface area (Å²) >= 11 is 6.06. The van der Waals surface area contributed by atoms with Gasteiger partial charge in [-0.2, -0.15) is 0 Å². The van der Waals surface area contributed by atoms with Crippen LogP contribution in [0.2, 0.25) is 5.02 Å². The smallest absolute Gasteiger partial charge is 0.292 e. The fourth-order valence-electron chi connectivity index (χ4n) is 6.25. The molecule has 0 saturated carbocycles. The summed E-state index contributed by atoms with van der Waals surface area (Å²) in [5.74, 6) is 2.47. The van der Waals surface area contributed by atoms with Crippen LogP contribution in [0.25, 0.3) is 22.6 Å². The molecule has 1 unspecified atom stereocenters. The van der Waals surface area contributed by atoms with Crippen molar-refractivity contribution >= 4 is 22.6 Å². The van der Waals surface area contributed by atoms with Gasteiger partial charge in [-0.3, -0.25) is 14.9 Å². The summed E-state index contributed by atoms with van der Waals surface area (Å²) in [7, 11) is 0. The zero-order valence-electron chi connectivity index (χ0n) is 23.6. The first kappa shape index (κ1) is 26.5. The SMILES string of the molecule is CC1(c2ccc(Cl)cn2)Oc2cccc(C3CCN(Cc4nc5cc(-c6nnn[nH]6)ncc5n4C[C@@H]4CCO4)CC3)c2O1. The van der Waals surface area contributed by atoms with Crippen molar-refractivity contribution in [3.63, 3.8) is 0 Å². The van der Waals surface area contributed by atoms with E-state index in [0.717, 1.165) is 80.4 Å². The second-order valence-corrected chi connectivity index (χ2v) is 11.9. The number of nitrogens with zero attached hydrogens (tertiary/aromatic N) is 8. The molecule has 7 heterocycles. The zero-order chi connectivity index (χ0) is 29.0. The van der Waals surface area contributed by atoms with Crippen LogP contribution in [0.1, 0.15) is 49.2 Å². The third kappa shape index (κ3) is 4.89. The Morgan fingerprint density at radius 3 is 2.70 bits per heavy atom. The Bertz CT molecular complexity index is 1770. The number of aromatic nitrogens is 8. The summed E-state index contributed by atoms with van der Waals surface area (Å²) in [6, 6.07) is 11.8. The van der Waals surface area contributed by atoms with Gasteiger partial charge in [0.2, 0.25) is 0 Å². The van der Waals surface area contributed by atoms with Crippen LogP contribution in [-0.4, -0.2) is 70.8 Å². The van der Waals surface area contributed by atoms with Crippen molar-refractivity contribution in [1.82, 2.24) is 45.0 Å². The van der Waals surface area contributed by atoms with Crippen LogP contribution in [-0.2, 0) is 23.6 Å². The van der Waals surface area contributed by atoms with Crippen molar-refractivity contribution in [1.29, 1.82) is 0 Å². The lowest BCUT2D eigenvalue weighted by atomic mass is 9.88.